The van der Waals surface area contributed by atoms with E-state index in [9.17, 15) is 13.2 Å². The molecule has 77 valence electrons. The van der Waals surface area contributed by atoms with Crippen molar-refractivity contribution in [1.82, 2.24) is 0 Å². The summed E-state index contributed by atoms with van der Waals surface area (Å²) in [6, 6.07) is 6.03. The first-order chi connectivity index (χ1) is 6.53. The van der Waals surface area contributed by atoms with Gasteiger partial charge in [-0.3, -0.25) is 0 Å². The van der Waals surface area contributed by atoms with Crippen LogP contribution in [0.5, 0.6) is 5.75 Å². The van der Waals surface area contributed by atoms with E-state index < -0.39 is 6.36 Å². The molecule has 0 amide bonds. The van der Waals surface area contributed by atoms with Crippen molar-refractivity contribution in [1.29, 1.82) is 0 Å². The summed E-state index contributed by atoms with van der Waals surface area (Å²) in [5.41, 5.74) is 0.491. The van der Waals surface area contributed by atoms with Gasteiger partial charge < -0.3 is 4.74 Å². The van der Waals surface area contributed by atoms with Gasteiger partial charge in [0, 0.05) is 17.6 Å². The summed E-state index contributed by atoms with van der Waals surface area (Å²) in [6.45, 7) is 0. The zero-order valence-electron chi connectivity index (χ0n) is 7.17. The maximum Gasteiger partial charge on any atom is 0.573 e. The van der Waals surface area contributed by atoms with Crippen LogP contribution in [0.15, 0.2) is 24.3 Å². The van der Waals surface area contributed by atoms with Crippen molar-refractivity contribution in [2.24, 2.45) is 0 Å². The number of hydrogen-bond donors (Lipinski definition) is 0. The highest BCUT2D eigenvalue weighted by molar-refractivity contribution is 7.99. The number of ether oxygens (including phenoxy) is 1. The lowest BCUT2D eigenvalue weighted by atomic mass is 10.2. The van der Waals surface area contributed by atoms with E-state index in [1.165, 1.54) is 23.9 Å². The number of benzene rings is 1. The van der Waals surface area contributed by atoms with E-state index in [1.54, 1.807) is 12.1 Å². The van der Waals surface area contributed by atoms with Crippen molar-refractivity contribution in [3.63, 3.8) is 0 Å². The molecule has 1 rings (SSSR count). The highest BCUT2D eigenvalue weighted by atomic mass is 32.2. The summed E-state index contributed by atoms with van der Waals surface area (Å²) in [4.78, 5) is 0. The summed E-state index contributed by atoms with van der Waals surface area (Å²) in [5.74, 6) is 0.239. The van der Waals surface area contributed by atoms with Gasteiger partial charge in [0.1, 0.15) is 5.75 Å². The predicted molar refractivity (Wildman–Crippen MR) is 49.8 cm³/mol. The number of hydrogen-bond acceptors (Lipinski definition) is 2. The van der Waals surface area contributed by atoms with Crippen molar-refractivity contribution < 1.29 is 17.9 Å². The maximum absolute atomic E-state index is 11.9. The Labute approximate surface area is 84.3 Å². The molecule has 0 spiro atoms. The molecule has 0 aliphatic carbocycles. The van der Waals surface area contributed by atoms with Crippen molar-refractivity contribution in [3.05, 3.63) is 36.1 Å². The van der Waals surface area contributed by atoms with E-state index in [0.717, 1.165) is 0 Å². The quantitative estimate of drug-likeness (QED) is 0.771. The van der Waals surface area contributed by atoms with Gasteiger partial charge >= 0.3 is 6.36 Å². The molecule has 1 aromatic carbocycles. The topological polar surface area (TPSA) is 9.23 Å². The Morgan fingerprint density at radius 3 is 2.50 bits per heavy atom. The molecule has 1 radical (unpaired) electrons. The molecule has 0 aromatic heterocycles. The van der Waals surface area contributed by atoms with E-state index in [0.29, 0.717) is 11.3 Å². The van der Waals surface area contributed by atoms with Gasteiger partial charge in [0.05, 0.1) is 0 Å². The zero-order valence-corrected chi connectivity index (χ0v) is 7.99. The fraction of sp³-hybridized carbons (Fsp3) is 0.222. The predicted octanol–water partition coefficient (Wildman–Crippen LogP) is 3.61. The van der Waals surface area contributed by atoms with Gasteiger partial charge in [-0.1, -0.05) is 18.2 Å². The molecule has 0 saturated heterocycles. The van der Waals surface area contributed by atoms with Crippen LogP contribution in [0, 0.1) is 6.26 Å². The van der Waals surface area contributed by atoms with E-state index in [2.05, 4.69) is 11.0 Å². The smallest absolute Gasteiger partial charge is 0.405 e. The first-order valence-corrected chi connectivity index (χ1v) is 4.89. The maximum atomic E-state index is 11.9. The molecular weight excluding hydrogens is 213 g/mol. The minimum atomic E-state index is -4.64. The molecule has 1 aromatic rings. The summed E-state index contributed by atoms with van der Waals surface area (Å²) >= 11 is 1.20. The van der Waals surface area contributed by atoms with Gasteiger partial charge in [-0.2, -0.15) is 11.8 Å². The van der Waals surface area contributed by atoms with Gasteiger partial charge in [0.15, 0.2) is 0 Å². The van der Waals surface area contributed by atoms with Crippen LogP contribution in [0.1, 0.15) is 5.56 Å². The minimum Gasteiger partial charge on any atom is -0.405 e. The first-order valence-electron chi connectivity index (χ1n) is 3.73. The number of para-hydroxylation sites is 1. The van der Waals surface area contributed by atoms with E-state index in [1.807, 2.05) is 0 Å². The van der Waals surface area contributed by atoms with Gasteiger partial charge in [-0.05, 0) is 6.07 Å². The van der Waals surface area contributed by atoms with Gasteiger partial charge in [0.2, 0.25) is 0 Å². The second kappa shape index (κ2) is 4.59. The standard InChI is InChI=1S/C9H8F3OS/c1-14-6-7-4-2-3-5-8(7)13-9(10,11)12/h2-5H,1,6H2. The Kier molecular flexibility index (Phi) is 3.69. The number of halogens is 3. The van der Waals surface area contributed by atoms with Crippen LogP contribution in [0.3, 0.4) is 0 Å². The van der Waals surface area contributed by atoms with E-state index >= 15 is 0 Å². The fourth-order valence-electron chi connectivity index (χ4n) is 0.957. The third kappa shape index (κ3) is 3.49. The number of thioether (sulfide) groups is 1. The second-order valence-corrected chi connectivity index (χ2v) is 3.20. The summed E-state index contributed by atoms with van der Waals surface area (Å²) in [7, 11) is 0. The molecule has 0 fully saturated rings. The van der Waals surface area contributed by atoms with Crippen molar-refractivity contribution in [3.8, 4) is 5.75 Å². The van der Waals surface area contributed by atoms with Crippen molar-refractivity contribution in [2.75, 3.05) is 0 Å². The van der Waals surface area contributed by atoms with E-state index in [-0.39, 0.29) is 5.75 Å². The van der Waals surface area contributed by atoms with Gasteiger partial charge in [-0.15, -0.1) is 13.2 Å². The van der Waals surface area contributed by atoms with Gasteiger partial charge in [0.25, 0.3) is 0 Å². The van der Waals surface area contributed by atoms with Crippen molar-refractivity contribution in [2.45, 2.75) is 12.1 Å². The number of alkyl halides is 3. The van der Waals surface area contributed by atoms with Crippen LogP contribution in [0.2, 0.25) is 0 Å². The molecule has 0 N–H and O–H groups in total. The third-order valence-corrected chi connectivity index (χ3v) is 1.97. The highest BCUT2D eigenvalue weighted by Gasteiger charge is 2.31. The Bertz CT molecular complexity index is 298. The first kappa shape index (κ1) is 11.2. The van der Waals surface area contributed by atoms with Crippen LogP contribution in [0.25, 0.3) is 0 Å². The van der Waals surface area contributed by atoms with Crippen LogP contribution < -0.4 is 4.74 Å². The summed E-state index contributed by atoms with van der Waals surface area (Å²) < 4.78 is 39.6. The fourth-order valence-corrected chi connectivity index (χ4v) is 1.42. The molecule has 0 saturated carbocycles. The molecule has 14 heavy (non-hydrogen) atoms. The van der Waals surface area contributed by atoms with Crippen LogP contribution in [-0.4, -0.2) is 6.36 Å². The third-order valence-electron chi connectivity index (χ3n) is 1.46. The Morgan fingerprint density at radius 2 is 1.93 bits per heavy atom. The average Bonchev–Trinajstić information content (AvgIpc) is 2.06. The molecule has 5 heteroatoms. The summed E-state index contributed by atoms with van der Waals surface area (Å²) in [5, 5.41) is 0. The normalized spacial score (nSPS) is 11.4. The van der Waals surface area contributed by atoms with E-state index in [4.69, 9.17) is 0 Å². The highest BCUT2D eigenvalue weighted by Crippen LogP contribution is 2.28. The Morgan fingerprint density at radius 1 is 1.29 bits per heavy atom. The lowest BCUT2D eigenvalue weighted by Gasteiger charge is -2.12. The molecule has 0 aliphatic heterocycles. The SMILES string of the molecule is [CH2]SCc1ccccc1OC(F)(F)F. The van der Waals surface area contributed by atoms with Crippen molar-refractivity contribution >= 4 is 11.8 Å². The van der Waals surface area contributed by atoms with Crippen LogP contribution >= 0.6 is 11.8 Å². The largest absolute Gasteiger partial charge is 0.573 e. The molecule has 0 unspecified atom stereocenters. The van der Waals surface area contributed by atoms with Crippen LogP contribution in [-0.2, 0) is 5.75 Å². The Hall–Kier alpha value is -0.840. The summed E-state index contributed by atoms with van der Waals surface area (Å²) in [6.07, 6.45) is -1.14. The lowest BCUT2D eigenvalue weighted by Crippen LogP contribution is -2.17. The molecule has 0 heterocycles. The average molecular weight is 221 g/mol. The molecular formula is C9H8F3OS. The zero-order chi connectivity index (χ0) is 10.6. The second-order valence-electron chi connectivity index (χ2n) is 2.50. The molecule has 1 nitrogen and oxygen atoms in total. The van der Waals surface area contributed by atoms with Crippen LogP contribution in [0.4, 0.5) is 13.2 Å². The Balaban J connectivity index is 2.84. The molecule has 0 aliphatic rings. The van der Waals surface area contributed by atoms with Gasteiger partial charge in [-0.25, -0.2) is 0 Å². The molecule has 0 atom stereocenters. The monoisotopic (exact) mass is 221 g/mol. The minimum absolute atomic E-state index is 0.156. The molecule has 0 bridgehead atoms. The number of rotatable bonds is 3. The lowest BCUT2D eigenvalue weighted by molar-refractivity contribution is -0.274.